The van der Waals surface area contributed by atoms with Crippen LogP contribution in [0.5, 0.6) is 0 Å². The predicted molar refractivity (Wildman–Crippen MR) is 97.3 cm³/mol. The molecular formula is C18H24N4OS. The van der Waals surface area contributed by atoms with E-state index in [9.17, 15) is 4.79 Å². The van der Waals surface area contributed by atoms with E-state index in [1.165, 1.54) is 10.4 Å². The van der Waals surface area contributed by atoms with Crippen molar-refractivity contribution >= 4 is 17.2 Å². The molecule has 1 N–H and O–H groups in total. The van der Waals surface area contributed by atoms with Gasteiger partial charge < -0.3 is 5.32 Å². The van der Waals surface area contributed by atoms with E-state index in [1.807, 2.05) is 23.7 Å². The van der Waals surface area contributed by atoms with Crippen molar-refractivity contribution in [3.63, 3.8) is 0 Å². The molecule has 3 rings (SSSR count). The third-order valence-corrected chi connectivity index (χ3v) is 5.62. The first-order valence-electron chi connectivity index (χ1n) is 8.22. The molecule has 0 spiro atoms. The molecule has 1 aliphatic rings. The summed E-state index contributed by atoms with van der Waals surface area (Å²) in [5, 5.41) is 2.70. The van der Waals surface area contributed by atoms with Gasteiger partial charge in [0, 0.05) is 49.7 Å². The molecule has 128 valence electrons. The van der Waals surface area contributed by atoms with Crippen LogP contribution in [0.1, 0.15) is 32.5 Å². The van der Waals surface area contributed by atoms with E-state index in [0.717, 1.165) is 37.4 Å². The van der Waals surface area contributed by atoms with Crippen LogP contribution in [0.4, 0.5) is 0 Å². The van der Waals surface area contributed by atoms with Gasteiger partial charge in [-0.1, -0.05) is 12.1 Å². The molecule has 6 heteroatoms. The van der Waals surface area contributed by atoms with Gasteiger partial charge >= 0.3 is 0 Å². The van der Waals surface area contributed by atoms with Crippen molar-refractivity contribution in [3.05, 3.63) is 51.5 Å². The summed E-state index contributed by atoms with van der Waals surface area (Å²) < 4.78 is 0. The number of aromatic nitrogens is 1. The van der Waals surface area contributed by atoms with E-state index < -0.39 is 0 Å². The monoisotopic (exact) mass is 344 g/mol. The Morgan fingerprint density at radius 2 is 2.25 bits per heavy atom. The Bertz CT molecular complexity index is 715. The molecule has 1 atom stereocenters. The highest BCUT2D eigenvalue weighted by Gasteiger charge is 2.26. The van der Waals surface area contributed by atoms with Crippen molar-refractivity contribution in [2.24, 2.45) is 0 Å². The van der Waals surface area contributed by atoms with Crippen molar-refractivity contribution in [1.29, 1.82) is 0 Å². The van der Waals surface area contributed by atoms with E-state index in [-0.39, 0.29) is 5.91 Å². The Morgan fingerprint density at radius 3 is 2.96 bits per heavy atom. The fraction of sp³-hybridized carbons (Fsp3) is 0.444. The van der Waals surface area contributed by atoms with Crippen LogP contribution in [0.25, 0.3) is 0 Å². The second-order valence-electron chi connectivity index (χ2n) is 6.30. The van der Waals surface area contributed by atoms with Gasteiger partial charge in [-0.2, -0.15) is 0 Å². The van der Waals surface area contributed by atoms with E-state index >= 15 is 0 Å². The van der Waals surface area contributed by atoms with Gasteiger partial charge in [-0.15, -0.1) is 11.3 Å². The average molecular weight is 344 g/mol. The first kappa shape index (κ1) is 17.1. The van der Waals surface area contributed by atoms with Crippen LogP contribution < -0.4 is 5.32 Å². The first-order chi connectivity index (χ1) is 11.6. The van der Waals surface area contributed by atoms with E-state index in [0.29, 0.717) is 6.04 Å². The average Bonchev–Trinajstić information content (AvgIpc) is 3.00. The molecule has 2 aromatic rings. The first-order valence-corrected chi connectivity index (χ1v) is 9.10. The van der Waals surface area contributed by atoms with Crippen LogP contribution in [-0.4, -0.2) is 54.4 Å². The molecule has 1 amide bonds. The van der Waals surface area contributed by atoms with Crippen LogP contribution in [0.3, 0.4) is 0 Å². The van der Waals surface area contributed by atoms with Crippen molar-refractivity contribution in [3.8, 4) is 0 Å². The number of aryl methyl sites for hydroxylation is 1. The number of rotatable bonds is 4. The predicted octanol–water partition coefficient (Wildman–Crippen LogP) is 2.30. The fourth-order valence-corrected chi connectivity index (χ4v) is 3.96. The van der Waals surface area contributed by atoms with E-state index in [2.05, 4.69) is 40.1 Å². The smallest absolute Gasteiger partial charge is 0.251 e. The number of carbonyl (C=O) groups is 1. The second-order valence-corrected chi connectivity index (χ2v) is 7.24. The number of nitrogens with one attached hydrogen (secondary N) is 1. The number of piperazine rings is 1. The van der Waals surface area contributed by atoms with Crippen LogP contribution >= 0.6 is 11.3 Å². The second kappa shape index (κ2) is 7.42. The lowest BCUT2D eigenvalue weighted by atomic mass is 10.00. The highest BCUT2D eigenvalue weighted by atomic mass is 32.1. The Hall–Kier alpha value is -1.76. The third-order valence-electron chi connectivity index (χ3n) is 4.70. The molecule has 1 fully saturated rings. The number of thiazole rings is 1. The number of benzene rings is 1. The summed E-state index contributed by atoms with van der Waals surface area (Å²) >= 11 is 1.73. The summed E-state index contributed by atoms with van der Waals surface area (Å²) in [6.07, 6.45) is 0. The largest absolute Gasteiger partial charge is 0.355 e. The summed E-state index contributed by atoms with van der Waals surface area (Å²) in [5.74, 6) is -0.0348. The third kappa shape index (κ3) is 3.66. The lowest BCUT2D eigenvalue weighted by Gasteiger charge is -2.39. The number of hydrogen-bond donors (Lipinski definition) is 1. The summed E-state index contributed by atoms with van der Waals surface area (Å²) in [4.78, 5) is 22.5. The highest BCUT2D eigenvalue weighted by Crippen LogP contribution is 2.26. The standard InChI is InChI=1S/C18H24N4OS/c1-13-17(24-12-20-13)11-22-8-7-21(3)16(10-22)14-5-4-6-15(9-14)18(23)19-2/h4-6,9,12,16H,7-8,10-11H2,1-3H3,(H,19,23)/t16-/m0/s1. The molecule has 1 aliphatic heterocycles. The topological polar surface area (TPSA) is 48.5 Å². The zero-order valence-electron chi connectivity index (χ0n) is 14.5. The van der Waals surface area contributed by atoms with Gasteiger partial charge in [-0.05, 0) is 31.7 Å². The SMILES string of the molecule is CNC(=O)c1cccc([C@@H]2CN(Cc3scnc3C)CCN2C)c1. The van der Waals surface area contributed by atoms with Gasteiger partial charge in [-0.25, -0.2) is 4.98 Å². The zero-order chi connectivity index (χ0) is 17.1. The molecule has 0 radical (unpaired) electrons. The summed E-state index contributed by atoms with van der Waals surface area (Å²) in [7, 11) is 3.83. The molecule has 5 nitrogen and oxygen atoms in total. The maximum absolute atomic E-state index is 11.9. The minimum absolute atomic E-state index is 0.0348. The summed E-state index contributed by atoms with van der Waals surface area (Å²) in [5.41, 5.74) is 4.98. The lowest BCUT2D eigenvalue weighted by molar-refractivity contribution is 0.0906. The Balaban J connectivity index is 1.76. The quantitative estimate of drug-likeness (QED) is 0.925. The zero-order valence-corrected chi connectivity index (χ0v) is 15.3. The van der Waals surface area contributed by atoms with Gasteiger partial charge in [0.1, 0.15) is 0 Å². The molecule has 1 aromatic heterocycles. The summed E-state index contributed by atoms with van der Waals surface area (Å²) in [6.45, 7) is 6.07. The molecule has 0 saturated carbocycles. The fourth-order valence-electron chi connectivity index (χ4n) is 3.15. The Morgan fingerprint density at radius 1 is 1.42 bits per heavy atom. The van der Waals surface area contributed by atoms with Crippen molar-refractivity contribution in [2.45, 2.75) is 19.5 Å². The number of likely N-dealkylation sites (N-methyl/N-ethyl adjacent to an activating group) is 1. The van der Waals surface area contributed by atoms with Crippen molar-refractivity contribution in [2.75, 3.05) is 33.7 Å². The normalized spacial score (nSPS) is 19.4. The number of amides is 1. The van der Waals surface area contributed by atoms with E-state index in [4.69, 9.17) is 0 Å². The van der Waals surface area contributed by atoms with Gasteiger partial charge in [0.05, 0.1) is 11.2 Å². The van der Waals surface area contributed by atoms with Gasteiger partial charge in [0.2, 0.25) is 0 Å². The molecule has 24 heavy (non-hydrogen) atoms. The molecule has 1 saturated heterocycles. The van der Waals surface area contributed by atoms with Crippen LogP contribution in [-0.2, 0) is 6.54 Å². The summed E-state index contributed by atoms with van der Waals surface area (Å²) in [6, 6.07) is 8.27. The van der Waals surface area contributed by atoms with Crippen LogP contribution in [0.15, 0.2) is 29.8 Å². The maximum atomic E-state index is 11.9. The van der Waals surface area contributed by atoms with Gasteiger partial charge in [0.15, 0.2) is 0 Å². The van der Waals surface area contributed by atoms with Gasteiger partial charge in [-0.3, -0.25) is 14.6 Å². The molecule has 0 unspecified atom stereocenters. The van der Waals surface area contributed by atoms with Crippen molar-refractivity contribution < 1.29 is 4.79 Å². The van der Waals surface area contributed by atoms with Gasteiger partial charge in [0.25, 0.3) is 5.91 Å². The highest BCUT2D eigenvalue weighted by molar-refractivity contribution is 7.09. The molecule has 1 aromatic carbocycles. The van der Waals surface area contributed by atoms with E-state index in [1.54, 1.807) is 18.4 Å². The molecule has 0 aliphatic carbocycles. The maximum Gasteiger partial charge on any atom is 0.251 e. The molecular weight excluding hydrogens is 320 g/mol. The van der Waals surface area contributed by atoms with Crippen molar-refractivity contribution in [1.82, 2.24) is 20.1 Å². The molecule has 2 heterocycles. The van der Waals surface area contributed by atoms with Crippen LogP contribution in [0.2, 0.25) is 0 Å². The lowest BCUT2D eigenvalue weighted by Crippen LogP contribution is -2.46. The number of nitrogens with zero attached hydrogens (tertiary/aromatic N) is 3. The molecule has 0 bridgehead atoms. The minimum Gasteiger partial charge on any atom is -0.355 e. The van der Waals surface area contributed by atoms with Crippen LogP contribution in [0, 0.1) is 6.92 Å². The number of carbonyl (C=O) groups excluding carboxylic acids is 1. The Labute approximate surface area is 147 Å². The number of hydrogen-bond acceptors (Lipinski definition) is 5. The Kier molecular flexibility index (Phi) is 5.28. The minimum atomic E-state index is -0.0348.